The molecular formula is C61H48N2. The molecule has 0 radical (unpaired) electrons. The van der Waals surface area contributed by atoms with E-state index in [0.717, 1.165) is 32.1 Å². The molecule has 0 N–H and O–H groups in total. The van der Waals surface area contributed by atoms with Crippen LogP contribution in [0.2, 0.25) is 0 Å². The summed E-state index contributed by atoms with van der Waals surface area (Å²) in [6.07, 6.45) is 24.5. The fraction of sp³-hybridized carbons (Fsp3) is 0.180. The van der Waals surface area contributed by atoms with Gasteiger partial charge in [0.25, 0.3) is 0 Å². The molecular weight excluding hydrogens is 761 g/mol. The van der Waals surface area contributed by atoms with Crippen molar-refractivity contribution < 1.29 is 0 Å². The Morgan fingerprint density at radius 3 is 2.16 bits per heavy atom. The fourth-order valence-electron chi connectivity index (χ4n) is 12.8. The number of benzene rings is 7. The molecule has 9 aromatic rings. The summed E-state index contributed by atoms with van der Waals surface area (Å²) in [7, 11) is 0. The third-order valence-electron chi connectivity index (χ3n) is 15.7. The maximum atomic E-state index is 2.79. The first kappa shape index (κ1) is 35.7. The molecule has 5 aliphatic carbocycles. The van der Waals surface area contributed by atoms with Crippen LogP contribution >= 0.6 is 0 Å². The van der Waals surface area contributed by atoms with Crippen molar-refractivity contribution in [3.63, 3.8) is 0 Å². The van der Waals surface area contributed by atoms with Crippen molar-refractivity contribution in [3.8, 4) is 11.1 Å². The zero-order valence-corrected chi connectivity index (χ0v) is 35.7. The summed E-state index contributed by atoms with van der Waals surface area (Å²) in [6, 6.07) is 49.1. The number of para-hydroxylation sites is 2. The Labute approximate surface area is 368 Å². The summed E-state index contributed by atoms with van der Waals surface area (Å²) < 4.78 is 5.35. The smallest absolute Gasteiger partial charge is 0.0635 e. The highest BCUT2D eigenvalue weighted by atomic mass is 15.0. The Hall–Kier alpha value is -6.90. The molecule has 0 saturated heterocycles. The first-order valence-electron chi connectivity index (χ1n) is 23.4. The SMILES string of the molecule is CC1Cc2c(c3ccccc3n2C2Cc3c(c4ccccc4c4ccccc34)-c3c2ccc2c3C=CCC2)C=C1c1ccc2c(c1)c1ccccc1n2C1=CC=C2C=CCCC2C1. The van der Waals surface area contributed by atoms with Crippen molar-refractivity contribution in [3.05, 3.63) is 202 Å². The van der Waals surface area contributed by atoms with Crippen molar-refractivity contribution >= 4 is 77.7 Å². The monoisotopic (exact) mass is 808 g/mol. The Kier molecular flexibility index (Phi) is 7.67. The molecule has 0 spiro atoms. The van der Waals surface area contributed by atoms with Crippen LogP contribution in [0.1, 0.15) is 77.7 Å². The number of allylic oxidation sites excluding steroid dienone is 8. The zero-order chi connectivity index (χ0) is 41.3. The van der Waals surface area contributed by atoms with Crippen LogP contribution in [0.4, 0.5) is 0 Å². The number of hydrogen-bond donors (Lipinski definition) is 0. The van der Waals surface area contributed by atoms with Gasteiger partial charge in [-0.3, -0.25) is 0 Å². The lowest BCUT2D eigenvalue weighted by molar-refractivity contribution is 0.556. The van der Waals surface area contributed by atoms with Crippen molar-refractivity contribution in [1.29, 1.82) is 0 Å². The average Bonchev–Trinajstić information content (AvgIpc) is 3.84. The second-order valence-electron chi connectivity index (χ2n) is 19.0. The van der Waals surface area contributed by atoms with E-state index in [9.17, 15) is 0 Å². The normalized spacial score (nSPS) is 20.0. The largest absolute Gasteiger partial charge is 0.336 e. The van der Waals surface area contributed by atoms with Gasteiger partial charge in [-0.05, 0) is 165 Å². The van der Waals surface area contributed by atoms with Gasteiger partial charge in [-0.1, -0.05) is 140 Å². The maximum absolute atomic E-state index is 2.79. The summed E-state index contributed by atoms with van der Waals surface area (Å²) in [4.78, 5) is 0. The topological polar surface area (TPSA) is 9.86 Å². The lowest BCUT2D eigenvalue weighted by atomic mass is 9.74. The molecule has 0 saturated carbocycles. The standard InChI is InChI=1S/C61H48N2/c1-37-32-58-53(35-51(37)41-28-31-57-52(34-41)47-21-10-12-24-55(47)62(57)42-29-26-38-14-2-3-16-40(38)33-42)48-22-11-13-25-56(48)63(58)59-36-54-46-20-7-6-18-44(46)45-19-8-9-23-49(45)61(54)60-43-17-5-4-15-39(43)27-30-50(59)60/h2,5-14,17-31,34-35,37,40,59H,3-4,15-16,32-33,36H2,1H3. The number of fused-ring (bicyclic) bond motifs is 17. The minimum Gasteiger partial charge on any atom is -0.336 e. The van der Waals surface area contributed by atoms with Gasteiger partial charge in [0.1, 0.15) is 0 Å². The Bertz CT molecular complexity index is 3630. The lowest BCUT2D eigenvalue weighted by Crippen LogP contribution is -2.24. The Morgan fingerprint density at radius 2 is 1.29 bits per heavy atom. The summed E-state index contributed by atoms with van der Waals surface area (Å²) in [5.41, 5.74) is 21.2. The van der Waals surface area contributed by atoms with Crippen LogP contribution in [0.3, 0.4) is 0 Å². The summed E-state index contributed by atoms with van der Waals surface area (Å²) >= 11 is 0. The van der Waals surface area contributed by atoms with Gasteiger partial charge < -0.3 is 9.13 Å². The number of aromatic nitrogens is 2. The third-order valence-corrected chi connectivity index (χ3v) is 15.7. The number of hydrogen-bond acceptors (Lipinski definition) is 0. The fourth-order valence-corrected chi connectivity index (χ4v) is 12.8. The predicted octanol–water partition coefficient (Wildman–Crippen LogP) is 15.7. The van der Waals surface area contributed by atoms with Crippen LogP contribution in [-0.2, 0) is 19.3 Å². The van der Waals surface area contributed by atoms with Crippen LogP contribution in [0.15, 0.2) is 163 Å². The molecule has 2 heteroatoms. The van der Waals surface area contributed by atoms with Gasteiger partial charge in [-0.15, -0.1) is 0 Å². The minimum atomic E-state index is 0.167. The van der Waals surface area contributed by atoms with Gasteiger partial charge in [-0.25, -0.2) is 0 Å². The first-order valence-corrected chi connectivity index (χ1v) is 23.4. The van der Waals surface area contributed by atoms with Crippen molar-refractivity contribution in [1.82, 2.24) is 9.13 Å². The first-order chi connectivity index (χ1) is 31.2. The van der Waals surface area contributed by atoms with Crippen LogP contribution in [-0.4, -0.2) is 9.13 Å². The predicted molar refractivity (Wildman–Crippen MR) is 267 cm³/mol. The van der Waals surface area contributed by atoms with E-state index in [4.69, 9.17) is 0 Å². The van der Waals surface area contributed by atoms with E-state index in [-0.39, 0.29) is 6.04 Å². The summed E-state index contributed by atoms with van der Waals surface area (Å²) in [6.45, 7) is 2.46. The highest BCUT2D eigenvalue weighted by Gasteiger charge is 2.36. The van der Waals surface area contributed by atoms with E-state index in [1.807, 2.05) is 0 Å². The van der Waals surface area contributed by atoms with Crippen LogP contribution in [0, 0.1) is 11.8 Å². The molecule has 0 bridgehead atoms. The zero-order valence-electron chi connectivity index (χ0n) is 35.7. The Balaban J connectivity index is 0.956. The van der Waals surface area contributed by atoms with E-state index >= 15 is 0 Å². The molecule has 302 valence electrons. The van der Waals surface area contributed by atoms with E-state index in [1.165, 1.54) is 134 Å². The molecule has 63 heavy (non-hydrogen) atoms. The second-order valence-corrected chi connectivity index (χ2v) is 19.0. The maximum Gasteiger partial charge on any atom is 0.0635 e. The highest BCUT2D eigenvalue weighted by molar-refractivity contribution is 6.17. The van der Waals surface area contributed by atoms with Gasteiger partial charge in [0.2, 0.25) is 0 Å². The van der Waals surface area contributed by atoms with E-state index in [0.29, 0.717) is 11.8 Å². The quantitative estimate of drug-likeness (QED) is 0.157. The van der Waals surface area contributed by atoms with E-state index in [1.54, 1.807) is 0 Å². The van der Waals surface area contributed by atoms with Gasteiger partial charge >= 0.3 is 0 Å². The average molecular weight is 809 g/mol. The molecule has 0 fully saturated rings. The van der Waals surface area contributed by atoms with Gasteiger partial charge in [0, 0.05) is 38.6 Å². The molecule has 3 unspecified atom stereocenters. The summed E-state index contributed by atoms with van der Waals surface area (Å²) in [5.74, 6) is 0.954. The van der Waals surface area contributed by atoms with Gasteiger partial charge in [0.15, 0.2) is 0 Å². The van der Waals surface area contributed by atoms with Crippen LogP contribution in [0.5, 0.6) is 0 Å². The minimum absolute atomic E-state index is 0.167. The van der Waals surface area contributed by atoms with Crippen molar-refractivity contribution in [2.75, 3.05) is 0 Å². The second kappa shape index (κ2) is 13.5. The highest BCUT2D eigenvalue weighted by Crippen LogP contribution is 2.53. The lowest BCUT2D eigenvalue weighted by Gasteiger charge is -2.36. The van der Waals surface area contributed by atoms with Crippen molar-refractivity contribution in [2.24, 2.45) is 11.8 Å². The van der Waals surface area contributed by atoms with Gasteiger partial charge in [0.05, 0.1) is 17.1 Å². The molecule has 14 rings (SSSR count). The van der Waals surface area contributed by atoms with Crippen molar-refractivity contribution in [2.45, 2.75) is 57.9 Å². The van der Waals surface area contributed by atoms with E-state index in [2.05, 4.69) is 186 Å². The molecule has 0 amide bonds. The molecule has 7 aromatic carbocycles. The third kappa shape index (κ3) is 5.13. The van der Waals surface area contributed by atoms with E-state index < -0.39 is 0 Å². The van der Waals surface area contributed by atoms with Crippen LogP contribution in [0.25, 0.3) is 88.8 Å². The van der Waals surface area contributed by atoms with Crippen LogP contribution < -0.4 is 0 Å². The molecule has 0 aliphatic heterocycles. The van der Waals surface area contributed by atoms with Gasteiger partial charge in [-0.2, -0.15) is 0 Å². The number of rotatable bonds is 3. The molecule has 2 aromatic heterocycles. The molecule has 3 atom stereocenters. The molecule has 5 aliphatic rings. The Morgan fingerprint density at radius 1 is 0.556 bits per heavy atom. The summed E-state index contributed by atoms with van der Waals surface area (Å²) in [5, 5.41) is 9.52. The molecule has 2 heterocycles. The molecule has 2 nitrogen and oxygen atoms in total. The number of nitrogens with zero attached hydrogens (tertiary/aromatic N) is 2. The number of aryl methyl sites for hydroxylation is 1.